The number of carbonyl (C=O) groups excluding carboxylic acids is 3. The molecule has 1 saturated carbocycles. The Balaban J connectivity index is 1.29. The van der Waals surface area contributed by atoms with Gasteiger partial charge in [0.2, 0.25) is 5.91 Å². The van der Waals surface area contributed by atoms with E-state index in [4.69, 9.17) is 0 Å². The van der Waals surface area contributed by atoms with Gasteiger partial charge in [-0.1, -0.05) is 13.0 Å². The van der Waals surface area contributed by atoms with Gasteiger partial charge in [-0.05, 0) is 73.9 Å². The normalized spacial score (nSPS) is 21.4. The lowest BCUT2D eigenvalue weighted by molar-refractivity contribution is -0.139. The van der Waals surface area contributed by atoms with Crippen LogP contribution >= 0.6 is 0 Å². The van der Waals surface area contributed by atoms with E-state index in [2.05, 4.69) is 27.0 Å². The van der Waals surface area contributed by atoms with Crippen molar-refractivity contribution in [1.82, 2.24) is 29.6 Å². The largest absolute Gasteiger partial charge is 0.327 e. The molecule has 1 saturated heterocycles. The zero-order valence-electron chi connectivity index (χ0n) is 23.2. The highest BCUT2D eigenvalue weighted by Gasteiger charge is 2.64. The van der Waals surface area contributed by atoms with Crippen molar-refractivity contribution in [3.63, 3.8) is 0 Å². The molecule has 4 aromatic rings. The predicted molar refractivity (Wildman–Crippen MR) is 150 cm³/mol. The first-order chi connectivity index (χ1) is 19.1. The fourth-order valence-electron chi connectivity index (χ4n) is 6.19. The molecule has 0 radical (unpaired) electrons. The lowest BCUT2D eigenvalue weighted by Crippen LogP contribution is -2.44. The third-order valence-corrected chi connectivity index (χ3v) is 8.42. The quantitative estimate of drug-likeness (QED) is 0.309. The van der Waals surface area contributed by atoms with Gasteiger partial charge in [-0.25, -0.2) is 9.97 Å². The Bertz CT molecular complexity index is 1650. The molecular formula is C31H32N6O3. The zero-order chi connectivity index (χ0) is 28.2. The number of aryl methyl sites for hydroxylation is 3. The van der Waals surface area contributed by atoms with Crippen LogP contribution in [-0.4, -0.2) is 59.2 Å². The topological polar surface area (TPSA) is 111 Å². The van der Waals surface area contributed by atoms with Crippen LogP contribution in [0.2, 0.25) is 0 Å². The van der Waals surface area contributed by atoms with Crippen LogP contribution in [0, 0.1) is 19.3 Å². The van der Waals surface area contributed by atoms with Gasteiger partial charge in [0.1, 0.15) is 18.1 Å². The Morgan fingerprint density at radius 3 is 2.50 bits per heavy atom. The minimum Gasteiger partial charge on any atom is -0.327 e. The first kappa shape index (κ1) is 26.0. The number of likely N-dealkylation sites (tertiary alicyclic amines) is 1. The lowest BCUT2D eigenvalue weighted by Gasteiger charge is -2.27. The molecule has 0 spiro atoms. The molecule has 204 valence electrons. The number of hydrogen-bond donors (Lipinski definition) is 0. The van der Waals surface area contributed by atoms with Crippen molar-refractivity contribution in [2.24, 2.45) is 5.41 Å². The molecule has 6 rings (SSSR count). The van der Waals surface area contributed by atoms with Crippen LogP contribution in [0.5, 0.6) is 0 Å². The summed E-state index contributed by atoms with van der Waals surface area (Å²) < 4.78 is 1.63. The van der Waals surface area contributed by atoms with Gasteiger partial charge in [-0.3, -0.25) is 24.0 Å². The van der Waals surface area contributed by atoms with E-state index in [1.807, 2.05) is 44.2 Å². The first-order valence-corrected chi connectivity index (χ1v) is 13.7. The fraction of sp³-hybridized carbons (Fsp3) is 0.387. The highest BCUT2D eigenvalue weighted by Crippen LogP contribution is 2.59. The Morgan fingerprint density at radius 1 is 1.02 bits per heavy atom. The molecule has 40 heavy (non-hydrogen) atoms. The molecule has 9 heteroatoms. The van der Waals surface area contributed by atoms with Gasteiger partial charge in [0.05, 0.1) is 11.6 Å². The van der Waals surface area contributed by atoms with Gasteiger partial charge in [0, 0.05) is 54.6 Å². The number of carbonyl (C=O) groups is 3. The van der Waals surface area contributed by atoms with E-state index in [9.17, 15) is 14.4 Å². The van der Waals surface area contributed by atoms with Gasteiger partial charge in [-0.15, -0.1) is 0 Å². The maximum absolute atomic E-state index is 13.8. The van der Waals surface area contributed by atoms with Crippen LogP contribution in [0.4, 0.5) is 0 Å². The summed E-state index contributed by atoms with van der Waals surface area (Å²) in [5.74, 6) is 0.437. The summed E-state index contributed by atoms with van der Waals surface area (Å²) in [7, 11) is 0. The number of aromatic nitrogens is 5. The fourth-order valence-corrected chi connectivity index (χ4v) is 6.19. The SMILES string of the molecule is CC(=O)c1nn(CC(=O)N2[C@H](C(=O)CCc3ccccn3)C[C@@]3(C)C[C@@H]23)c2c(C)cc(-c3cnc(C)nc3)cc12. The maximum Gasteiger partial charge on any atom is 0.245 e. The minimum absolute atomic E-state index is 0.0152. The maximum atomic E-state index is 13.8. The number of benzene rings is 1. The van der Waals surface area contributed by atoms with Crippen molar-refractivity contribution < 1.29 is 14.4 Å². The van der Waals surface area contributed by atoms with E-state index in [1.165, 1.54) is 6.92 Å². The number of rotatable bonds is 8. The van der Waals surface area contributed by atoms with Crippen LogP contribution < -0.4 is 0 Å². The van der Waals surface area contributed by atoms with Crippen molar-refractivity contribution in [2.45, 2.75) is 72.0 Å². The first-order valence-electron chi connectivity index (χ1n) is 13.7. The minimum atomic E-state index is -0.441. The van der Waals surface area contributed by atoms with Crippen LogP contribution in [0.3, 0.4) is 0 Å². The van der Waals surface area contributed by atoms with Crippen LogP contribution in [0.1, 0.15) is 60.7 Å². The predicted octanol–water partition coefficient (Wildman–Crippen LogP) is 4.29. The molecule has 2 aliphatic rings. The summed E-state index contributed by atoms with van der Waals surface area (Å²) in [5.41, 5.74) is 4.53. The molecule has 0 unspecified atom stereocenters. The second-order valence-electron chi connectivity index (χ2n) is 11.5. The second-order valence-corrected chi connectivity index (χ2v) is 11.5. The number of ketones is 2. The van der Waals surface area contributed by atoms with Crippen LogP contribution in [-0.2, 0) is 22.6 Å². The average Bonchev–Trinajstić information content (AvgIpc) is 3.29. The van der Waals surface area contributed by atoms with Crippen molar-refractivity contribution in [1.29, 1.82) is 0 Å². The number of Topliss-reactive ketones (excluding diaryl/α,β-unsaturated/α-hetero) is 2. The van der Waals surface area contributed by atoms with Gasteiger partial charge >= 0.3 is 0 Å². The standard InChI is InChI=1S/C31H32N6O3/c1-18-11-21(22-15-33-20(3)34-16-22)12-24-29(19(2)38)35-36(30(18)24)17-28(40)37-25(13-31(4)14-27(31)37)26(39)9-8-23-7-5-6-10-32-23/h5-7,10-12,15-16,25,27H,8-9,13-14,17H2,1-4H3/t25-,27+,31-/m0/s1. The number of pyridine rings is 1. The molecular weight excluding hydrogens is 504 g/mol. The highest BCUT2D eigenvalue weighted by atomic mass is 16.2. The van der Waals surface area contributed by atoms with E-state index >= 15 is 0 Å². The average molecular weight is 537 g/mol. The van der Waals surface area contributed by atoms with Crippen molar-refractivity contribution in [2.75, 3.05) is 0 Å². The second kappa shape index (κ2) is 9.73. The molecule has 0 N–H and O–H groups in total. The van der Waals surface area contributed by atoms with E-state index in [0.717, 1.165) is 34.3 Å². The molecule has 4 heterocycles. The number of nitrogens with zero attached hydrogens (tertiary/aromatic N) is 6. The molecule has 1 aliphatic heterocycles. The number of piperidine rings is 1. The van der Waals surface area contributed by atoms with E-state index in [1.54, 1.807) is 28.2 Å². The van der Waals surface area contributed by atoms with Crippen molar-refractivity contribution >= 4 is 28.4 Å². The summed E-state index contributed by atoms with van der Waals surface area (Å²) in [4.78, 5) is 54.5. The number of hydrogen-bond acceptors (Lipinski definition) is 7. The molecule has 1 amide bonds. The molecule has 3 aromatic heterocycles. The van der Waals surface area contributed by atoms with Crippen molar-refractivity contribution in [3.8, 4) is 11.1 Å². The summed E-state index contributed by atoms with van der Waals surface area (Å²) in [6.45, 7) is 7.38. The van der Waals surface area contributed by atoms with Crippen LogP contribution in [0.25, 0.3) is 22.0 Å². The Labute approximate surface area is 232 Å². The third kappa shape index (κ3) is 4.59. The third-order valence-electron chi connectivity index (χ3n) is 8.42. The smallest absolute Gasteiger partial charge is 0.245 e. The Hall–Kier alpha value is -4.27. The van der Waals surface area contributed by atoms with Gasteiger partial charge in [0.15, 0.2) is 11.6 Å². The van der Waals surface area contributed by atoms with Crippen molar-refractivity contribution in [3.05, 3.63) is 71.7 Å². The van der Waals surface area contributed by atoms with Gasteiger partial charge in [-0.2, -0.15) is 5.10 Å². The summed E-state index contributed by atoms with van der Waals surface area (Å²) in [6.07, 6.45) is 7.73. The molecule has 1 aromatic carbocycles. The molecule has 3 atom stereocenters. The molecule has 2 fully saturated rings. The summed E-state index contributed by atoms with van der Waals surface area (Å²) in [5, 5.41) is 5.30. The molecule has 0 bridgehead atoms. The summed E-state index contributed by atoms with van der Waals surface area (Å²) >= 11 is 0. The number of amides is 1. The van der Waals surface area contributed by atoms with Gasteiger partial charge < -0.3 is 4.90 Å². The highest BCUT2D eigenvalue weighted by molar-refractivity contribution is 6.07. The van der Waals surface area contributed by atoms with E-state index < -0.39 is 6.04 Å². The molecule has 1 aliphatic carbocycles. The van der Waals surface area contributed by atoms with Gasteiger partial charge in [0.25, 0.3) is 0 Å². The van der Waals surface area contributed by atoms with Crippen LogP contribution in [0.15, 0.2) is 48.9 Å². The van der Waals surface area contributed by atoms with E-state index in [-0.39, 0.29) is 35.5 Å². The Kier molecular flexibility index (Phi) is 6.32. The molecule has 9 nitrogen and oxygen atoms in total. The monoisotopic (exact) mass is 536 g/mol. The lowest BCUT2D eigenvalue weighted by atomic mass is 9.96. The Morgan fingerprint density at radius 2 is 1.80 bits per heavy atom. The summed E-state index contributed by atoms with van der Waals surface area (Å²) in [6, 6.07) is 9.22. The van der Waals surface area contributed by atoms with E-state index in [0.29, 0.717) is 36.2 Å². The number of fused-ring (bicyclic) bond motifs is 2. The zero-order valence-corrected chi connectivity index (χ0v) is 23.2.